The van der Waals surface area contributed by atoms with E-state index in [2.05, 4.69) is 0 Å². The van der Waals surface area contributed by atoms with Gasteiger partial charge in [-0.1, -0.05) is 42.5 Å². The van der Waals surface area contributed by atoms with Crippen LogP contribution in [0.4, 0.5) is 0 Å². The Bertz CT molecular complexity index is 532. The fraction of sp³-hybridized carbons (Fsp3) is 0.400. The van der Waals surface area contributed by atoms with Gasteiger partial charge in [0.2, 0.25) is 0 Å². The molecule has 0 bridgehead atoms. The van der Waals surface area contributed by atoms with Gasteiger partial charge in [0.05, 0.1) is 6.61 Å². The number of rotatable bonds is 8. The van der Waals surface area contributed by atoms with Gasteiger partial charge in [-0.3, -0.25) is 4.79 Å². The lowest BCUT2D eigenvalue weighted by Gasteiger charge is -2.30. The molecule has 122 valence electrons. The molecule has 7 nitrogen and oxygen atoms in total. The predicted molar refractivity (Wildman–Crippen MR) is 77.4 cm³/mol. The van der Waals surface area contributed by atoms with Crippen LogP contribution in [0.2, 0.25) is 0 Å². The van der Waals surface area contributed by atoms with Crippen LogP contribution in [-0.4, -0.2) is 67.1 Å². The van der Waals surface area contributed by atoms with Crippen molar-refractivity contribution in [2.45, 2.75) is 30.5 Å². The minimum absolute atomic E-state index is 0.676. The van der Waals surface area contributed by atoms with E-state index in [4.69, 9.17) is 6.48 Å². The fourth-order valence-electron chi connectivity index (χ4n) is 1.64. The number of benzene rings is 1. The van der Waals surface area contributed by atoms with Gasteiger partial charge in [0.15, 0.2) is 5.78 Å². The molecule has 6 N–H and O–H groups in total. The first-order valence-corrected chi connectivity index (χ1v) is 6.51. The summed E-state index contributed by atoms with van der Waals surface area (Å²) in [7, 11) is 0. The molecule has 0 fully saturated rings. The summed E-state index contributed by atoms with van der Waals surface area (Å²) in [5.41, 5.74) is 0.676. The molecule has 0 aliphatic heterocycles. The molecule has 0 radical (unpaired) electrons. The molecule has 0 heterocycles. The van der Waals surface area contributed by atoms with Crippen LogP contribution in [-0.2, 0) is 4.79 Å². The summed E-state index contributed by atoms with van der Waals surface area (Å²) in [6.45, 7) is -0.958. The topological polar surface area (TPSA) is 138 Å². The van der Waals surface area contributed by atoms with Gasteiger partial charge in [0.25, 0.3) is 5.79 Å². The number of allylic oxidation sites excluding steroid dienone is 1. The average molecular weight is 313 g/mol. The molecule has 1 rings (SSSR count). The number of aliphatic hydroxyl groups is 6. The van der Waals surface area contributed by atoms with Crippen molar-refractivity contribution in [2.24, 2.45) is 0 Å². The Hall–Kier alpha value is -1.61. The molecule has 0 saturated carbocycles. The Labute approximate surface area is 128 Å². The van der Waals surface area contributed by atoms with E-state index in [-0.39, 0.29) is 0 Å². The number of carbonyl (C=O) groups excluding carboxylic acids is 1. The molecule has 0 aliphatic carbocycles. The van der Waals surface area contributed by atoms with Crippen molar-refractivity contribution in [1.29, 1.82) is 0 Å². The predicted octanol–water partition coefficient (Wildman–Crippen LogP) is -1.59. The van der Waals surface area contributed by atoms with Crippen molar-refractivity contribution in [3.63, 3.8) is 0 Å². The molecule has 1 unspecified atom stereocenters. The number of ketones is 1. The lowest BCUT2D eigenvalue weighted by molar-refractivity contribution is -0.245. The summed E-state index contributed by atoms with van der Waals surface area (Å²) >= 11 is 0. The van der Waals surface area contributed by atoms with Crippen LogP contribution >= 0.6 is 0 Å². The Kier molecular flexibility index (Phi) is 6.20. The molecule has 0 aromatic heterocycles. The summed E-state index contributed by atoms with van der Waals surface area (Å²) < 4.78 is 7.61. The van der Waals surface area contributed by atoms with Crippen molar-refractivity contribution < 1.29 is 36.8 Å². The quantitative estimate of drug-likeness (QED) is 0.318. The zero-order valence-corrected chi connectivity index (χ0v) is 11.6. The highest BCUT2D eigenvalue weighted by atomic mass is 16.5. The Balaban J connectivity index is 2.82. The third-order valence-corrected chi connectivity index (χ3v) is 3.02. The first-order valence-electron chi connectivity index (χ1n) is 7.09. The minimum atomic E-state index is -3.46. The fourth-order valence-corrected chi connectivity index (χ4v) is 1.64. The van der Waals surface area contributed by atoms with Gasteiger partial charge in [-0.05, 0) is 5.56 Å². The Morgan fingerprint density at radius 2 is 1.82 bits per heavy atom. The first kappa shape index (κ1) is 16.8. The van der Waals surface area contributed by atoms with Crippen LogP contribution in [0.3, 0.4) is 0 Å². The number of hydrogen-bond donors (Lipinski definition) is 6. The lowest BCUT2D eigenvalue weighted by atomic mass is 9.95. The number of carbonyl (C=O) groups is 1. The van der Waals surface area contributed by atoms with Crippen LogP contribution in [0.15, 0.2) is 36.4 Å². The third-order valence-electron chi connectivity index (χ3n) is 3.02. The van der Waals surface area contributed by atoms with Crippen LogP contribution < -0.4 is 0 Å². The van der Waals surface area contributed by atoms with Gasteiger partial charge >= 0.3 is 0 Å². The standard InChI is InChI=1S/C15H20O7/c16-9-11(17)13(19)14(20)15(21,22)12(18)8-4-7-10-5-2-1-3-6-10/h1-7,11,13-14,16-17,19-22H,8-9H2/t11-,13-,14+/m1/s1/i8D/t8?,11-,13-,14+. The van der Waals surface area contributed by atoms with Crippen LogP contribution in [0.1, 0.15) is 13.3 Å². The second kappa shape index (κ2) is 8.14. The molecule has 0 amide bonds. The van der Waals surface area contributed by atoms with Crippen LogP contribution in [0, 0.1) is 0 Å². The molecule has 7 heteroatoms. The summed E-state index contributed by atoms with van der Waals surface area (Å²) in [6, 6.07) is 8.65. The van der Waals surface area contributed by atoms with Crippen LogP contribution in [0.25, 0.3) is 6.08 Å². The zero-order valence-electron chi connectivity index (χ0n) is 12.6. The van der Waals surface area contributed by atoms with E-state index in [9.17, 15) is 30.3 Å². The van der Waals surface area contributed by atoms with Gasteiger partial charge < -0.3 is 30.6 Å². The number of Topliss-reactive ketones (excluding diaryl/α,β-unsaturated/α-hetero) is 1. The van der Waals surface area contributed by atoms with Crippen molar-refractivity contribution in [3.05, 3.63) is 42.0 Å². The van der Waals surface area contributed by atoms with E-state index < -0.39 is 42.9 Å². The van der Waals surface area contributed by atoms with E-state index in [1.54, 1.807) is 30.3 Å². The smallest absolute Gasteiger partial charge is 0.253 e. The Morgan fingerprint density at radius 3 is 2.36 bits per heavy atom. The van der Waals surface area contributed by atoms with E-state index >= 15 is 0 Å². The van der Waals surface area contributed by atoms with E-state index in [1.807, 2.05) is 0 Å². The number of hydrogen-bond acceptors (Lipinski definition) is 7. The highest BCUT2D eigenvalue weighted by Gasteiger charge is 2.46. The molecular formula is C15H20O7. The molecule has 0 aliphatic rings. The minimum Gasteiger partial charge on any atom is -0.394 e. The SMILES string of the molecule is [2H]C(C=Cc1ccccc1)C(=O)C(O)(O)[C@@H](O)[C@H](O)[C@H](O)CO. The maximum Gasteiger partial charge on any atom is 0.253 e. The van der Waals surface area contributed by atoms with E-state index in [1.165, 1.54) is 6.08 Å². The van der Waals surface area contributed by atoms with Gasteiger partial charge in [-0.15, -0.1) is 0 Å². The average Bonchev–Trinajstić information content (AvgIpc) is 2.57. The number of aliphatic hydroxyl groups excluding tert-OH is 4. The molecule has 4 atom stereocenters. The molecule has 22 heavy (non-hydrogen) atoms. The van der Waals surface area contributed by atoms with Gasteiger partial charge in [-0.2, -0.15) is 0 Å². The largest absolute Gasteiger partial charge is 0.394 e. The maximum absolute atomic E-state index is 11.9. The van der Waals surface area contributed by atoms with Crippen LogP contribution in [0.5, 0.6) is 0 Å². The summed E-state index contributed by atoms with van der Waals surface area (Å²) in [6.07, 6.45) is -5.77. The summed E-state index contributed by atoms with van der Waals surface area (Å²) in [4.78, 5) is 11.9. The zero-order chi connectivity index (χ0) is 17.6. The highest BCUT2D eigenvalue weighted by molar-refractivity contribution is 5.87. The molecule has 0 spiro atoms. The van der Waals surface area contributed by atoms with E-state index in [0.29, 0.717) is 5.56 Å². The van der Waals surface area contributed by atoms with E-state index in [0.717, 1.165) is 6.08 Å². The van der Waals surface area contributed by atoms with Crippen molar-refractivity contribution in [2.75, 3.05) is 6.61 Å². The van der Waals surface area contributed by atoms with Crippen molar-refractivity contribution >= 4 is 11.9 Å². The highest BCUT2D eigenvalue weighted by Crippen LogP contribution is 2.17. The second-order valence-corrected chi connectivity index (χ2v) is 4.71. The van der Waals surface area contributed by atoms with Gasteiger partial charge in [0, 0.05) is 7.77 Å². The third kappa shape index (κ3) is 4.70. The monoisotopic (exact) mass is 313 g/mol. The van der Waals surface area contributed by atoms with Gasteiger partial charge in [0.1, 0.15) is 18.3 Å². The molecule has 1 aromatic rings. The van der Waals surface area contributed by atoms with Gasteiger partial charge in [-0.25, -0.2) is 0 Å². The first-order chi connectivity index (χ1) is 10.7. The maximum atomic E-state index is 11.9. The van der Waals surface area contributed by atoms with Crippen molar-refractivity contribution in [1.82, 2.24) is 0 Å². The Morgan fingerprint density at radius 1 is 1.23 bits per heavy atom. The summed E-state index contributed by atoms with van der Waals surface area (Å²) in [5, 5.41) is 56.3. The normalized spacial score (nSPS) is 18.5. The molecule has 0 saturated heterocycles. The second-order valence-electron chi connectivity index (χ2n) is 4.71. The van der Waals surface area contributed by atoms with Crippen molar-refractivity contribution in [3.8, 4) is 0 Å². The molecule has 1 aromatic carbocycles. The lowest BCUT2D eigenvalue weighted by Crippen LogP contribution is -2.57. The summed E-state index contributed by atoms with van der Waals surface area (Å²) in [5.74, 6) is -4.94. The molecular weight excluding hydrogens is 292 g/mol.